The van der Waals surface area contributed by atoms with Crippen LogP contribution in [0.4, 0.5) is 10.5 Å². The van der Waals surface area contributed by atoms with Crippen molar-refractivity contribution in [1.29, 1.82) is 0 Å². The van der Waals surface area contributed by atoms with Crippen molar-refractivity contribution in [2.45, 2.75) is 32.7 Å². The van der Waals surface area contributed by atoms with Gasteiger partial charge in [0.1, 0.15) is 6.04 Å². The fourth-order valence-electron chi connectivity index (χ4n) is 2.76. The number of rotatable bonds is 8. The molecule has 0 aromatic heterocycles. The summed E-state index contributed by atoms with van der Waals surface area (Å²) in [4.78, 5) is 37.6. The molecule has 29 heavy (non-hydrogen) atoms. The predicted molar refractivity (Wildman–Crippen MR) is 107 cm³/mol. The van der Waals surface area contributed by atoms with Crippen LogP contribution in [-0.2, 0) is 14.3 Å². The Morgan fingerprint density at radius 3 is 2.66 bits per heavy atom. The van der Waals surface area contributed by atoms with Crippen LogP contribution >= 0.6 is 0 Å². The Hall–Kier alpha value is -3.30. The van der Waals surface area contributed by atoms with Crippen LogP contribution in [0.15, 0.2) is 29.4 Å². The van der Waals surface area contributed by atoms with Gasteiger partial charge in [0.15, 0.2) is 5.84 Å². The second kappa shape index (κ2) is 10.3. The Morgan fingerprint density at radius 1 is 1.34 bits per heavy atom. The van der Waals surface area contributed by atoms with Crippen LogP contribution in [0.1, 0.15) is 32.3 Å². The van der Waals surface area contributed by atoms with E-state index in [2.05, 4.69) is 15.8 Å². The number of esters is 1. The van der Waals surface area contributed by atoms with Crippen molar-refractivity contribution >= 4 is 29.4 Å². The molecule has 158 valence electrons. The molecule has 0 spiro atoms. The van der Waals surface area contributed by atoms with Gasteiger partial charge >= 0.3 is 12.0 Å². The minimum Gasteiger partial charge on any atom is -0.465 e. The molecule has 5 N–H and O–H groups in total. The molecule has 3 amide bonds. The molecule has 1 saturated heterocycles. The highest BCUT2D eigenvalue weighted by molar-refractivity contribution is 6.02. The maximum atomic E-state index is 12.6. The van der Waals surface area contributed by atoms with Crippen LogP contribution in [-0.4, -0.2) is 54.7 Å². The number of urea groups is 1. The number of carbonyl (C=O) groups excluding carboxylic acids is 3. The van der Waals surface area contributed by atoms with E-state index >= 15 is 0 Å². The lowest BCUT2D eigenvalue weighted by Gasteiger charge is -2.18. The van der Waals surface area contributed by atoms with Gasteiger partial charge in [0.2, 0.25) is 5.91 Å². The molecular weight excluding hydrogens is 378 g/mol. The van der Waals surface area contributed by atoms with Crippen LogP contribution in [0.2, 0.25) is 0 Å². The Morgan fingerprint density at radius 2 is 2.03 bits per heavy atom. The van der Waals surface area contributed by atoms with E-state index in [1.807, 2.05) is 13.8 Å². The molecule has 1 aliphatic rings. The predicted octanol–water partition coefficient (Wildman–Crippen LogP) is 0.775. The minimum atomic E-state index is -0.647. The largest absolute Gasteiger partial charge is 0.465 e. The first-order valence-electron chi connectivity index (χ1n) is 9.41. The highest BCUT2D eigenvalue weighted by Gasteiger charge is 2.33. The number of nitrogens with two attached hydrogens (primary N) is 1. The number of anilines is 1. The molecule has 1 aromatic rings. The molecule has 0 aliphatic carbocycles. The third-order valence-corrected chi connectivity index (χ3v) is 4.29. The number of amides is 3. The molecule has 1 fully saturated rings. The van der Waals surface area contributed by atoms with Crippen molar-refractivity contribution in [3.63, 3.8) is 0 Å². The van der Waals surface area contributed by atoms with Crippen LogP contribution in [0.3, 0.4) is 0 Å². The zero-order valence-corrected chi connectivity index (χ0v) is 16.6. The summed E-state index contributed by atoms with van der Waals surface area (Å²) < 4.78 is 5.03. The molecular formula is C19H27N5O5. The highest BCUT2D eigenvalue weighted by atomic mass is 16.5. The average Bonchev–Trinajstić information content (AvgIpc) is 3.06. The lowest BCUT2D eigenvalue weighted by Crippen LogP contribution is -2.46. The van der Waals surface area contributed by atoms with Crippen LogP contribution in [0.5, 0.6) is 0 Å². The fraction of sp³-hybridized carbons (Fsp3) is 0.474. The first-order valence-corrected chi connectivity index (χ1v) is 9.41. The summed E-state index contributed by atoms with van der Waals surface area (Å²) >= 11 is 0. The molecule has 10 nitrogen and oxygen atoms in total. The number of carbonyl (C=O) groups is 3. The Kier molecular flexibility index (Phi) is 7.81. The average molecular weight is 405 g/mol. The Bertz CT molecular complexity index is 763. The maximum absolute atomic E-state index is 12.6. The second-order valence-corrected chi connectivity index (χ2v) is 7.09. The molecule has 0 saturated carbocycles. The summed E-state index contributed by atoms with van der Waals surface area (Å²) in [5.74, 6) is -0.373. The molecule has 0 bridgehead atoms. The summed E-state index contributed by atoms with van der Waals surface area (Å²) in [6.45, 7) is 4.80. The van der Waals surface area contributed by atoms with E-state index in [1.54, 1.807) is 29.2 Å². The SMILES string of the molecule is CC(C)COC(=O)CCNC(=O)NC1CCN(c2ccc(C(N)=NO)cc2)C1=O. The third-order valence-electron chi connectivity index (χ3n) is 4.29. The smallest absolute Gasteiger partial charge is 0.315 e. The van der Waals surface area contributed by atoms with Gasteiger partial charge in [-0.1, -0.05) is 19.0 Å². The molecule has 1 aliphatic heterocycles. The van der Waals surface area contributed by atoms with Crippen molar-refractivity contribution < 1.29 is 24.3 Å². The second-order valence-electron chi connectivity index (χ2n) is 7.09. The maximum Gasteiger partial charge on any atom is 0.315 e. The lowest BCUT2D eigenvalue weighted by molar-refractivity contribution is -0.144. The molecule has 2 rings (SSSR count). The fourth-order valence-corrected chi connectivity index (χ4v) is 2.76. The summed E-state index contributed by atoms with van der Waals surface area (Å²) in [5.41, 5.74) is 6.71. The van der Waals surface area contributed by atoms with E-state index in [-0.39, 0.29) is 36.6 Å². The van der Waals surface area contributed by atoms with E-state index in [0.29, 0.717) is 30.8 Å². The van der Waals surface area contributed by atoms with Gasteiger partial charge in [-0.2, -0.15) is 0 Å². The lowest BCUT2D eigenvalue weighted by atomic mass is 10.2. The van der Waals surface area contributed by atoms with Crippen molar-refractivity contribution in [1.82, 2.24) is 10.6 Å². The molecule has 1 unspecified atom stereocenters. The normalized spacial score (nSPS) is 16.8. The first kappa shape index (κ1) is 22.0. The highest BCUT2D eigenvalue weighted by Crippen LogP contribution is 2.22. The van der Waals surface area contributed by atoms with Crippen molar-refractivity contribution in [2.24, 2.45) is 16.8 Å². The number of oxime groups is 1. The number of nitrogens with zero attached hydrogens (tertiary/aromatic N) is 2. The third kappa shape index (κ3) is 6.37. The summed E-state index contributed by atoms with van der Waals surface area (Å²) in [6, 6.07) is 5.51. The van der Waals surface area contributed by atoms with Crippen molar-refractivity contribution in [2.75, 3.05) is 24.6 Å². The van der Waals surface area contributed by atoms with Crippen LogP contribution in [0.25, 0.3) is 0 Å². The van der Waals surface area contributed by atoms with Crippen molar-refractivity contribution in [3.05, 3.63) is 29.8 Å². The minimum absolute atomic E-state index is 0.0198. The number of hydrogen-bond acceptors (Lipinski definition) is 6. The van der Waals surface area contributed by atoms with E-state index < -0.39 is 12.1 Å². The van der Waals surface area contributed by atoms with Gasteiger partial charge in [-0.25, -0.2) is 4.79 Å². The van der Waals surface area contributed by atoms with Gasteiger partial charge in [-0.05, 0) is 36.6 Å². The number of amidine groups is 1. The monoisotopic (exact) mass is 405 g/mol. The van der Waals surface area contributed by atoms with Gasteiger partial charge in [-0.3, -0.25) is 9.59 Å². The van der Waals surface area contributed by atoms with E-state index in [4.69, 9.17) is 15.7 Å². The van der Waals surface area contributed by atoms with E-state index in [1.165, 1.54) is 0 Å². The molecule has 1 aromatic carbocycles. The quantitative estimate of drug-likeness (QED) is 0.165. The van der Waals surface area contributed by atoms with E-state index in [0.717, 1.165) is 0 Å². The topological polar surface area (TPSA) is 146 Å². The molecule has 1 heterocycles. The Balaban J connectivity index is 1.79. The van der Waals surface area contributed by atoms with Gasteiger partial charge < -0.3 is 31.2 Å². The van der Waals surface area contributed by atoms with Crippen LogP contribution < -0.4 is 21.3 Å². The molecule has 1 atom stereocenters. The number of benzene rings is 1. The Labute approximate surface area is 169 Å². The van der Waals surface area contributed by atoms with Gasteiger partial charge in [0, 0.05) is 24.3 Å². The van der Waals surface area contributed by atoms with E-state index in [9.17, 15) is 14.4 Å². The van der Waals surface area contributed by atoms with Crippen LogP contribution in [0, 0.1) is 5.92 Å². The van der Waals surface area contributed by atoms with Crippen molar-refractivity contribution in [3.8, 4) is 0 Å². The molecule has 0 radical (unpaired) electrons. The number of nitrogens with one attached hydrogen (secondary N) is 2. The number of ether oxygens (including phenoxy) is 1. The summed E-state index contributed by atoms with van der Waals surface area (Å²) in [5, 5.41) is 16.8. The van der Waals surface area contributed by atoms with Gasteiger partial charge in [-0.15, -0.1) is 0 Å². The molecule has 10 heteroatoms. The zero-order valence-electron chi connectivity index (χ0n) is 16.6. The standard InChI is InChI=1S/C19H27N5O5/c1-12(2)11-29-16(25)7-9-21-19(27)22-15-8-10-24(18(15)26)14-5-3-13(4-6-14)17(20)23-28/h3-6,12,15,28H,7-11H2,1-2H3,(H2,20,23)(H2,21,22,27). The first-order chi connectivity index (χ1) is 13.8. The van der Waals surface area contributed by atoms with Gasteiger partial charge in [0.25, 0.3) is 0 Å². The summed E-state index contributed by atoms with van der Waals surface area (Å²) in [7, 11) is 0. The number of hydrogen-bond donors (Lipinski definition) is 4. The summed E-state index contributed by atoms with van der Waals surface area (Å²) in [6.07, 6.45) is 0.530. The van der Waals surface area contributed by atoms with Gasteiger partial charge in [0.05, 0.1) is 13.0 Å². The zero-order chi connectivity index (χ0) is 21.4.